The van der Waals surface area contributed by atoms with Crippen molar-refractivity contribution in [2.75, 3.05) is 0 Å². The Morgan fingerprint density at radius 1 is 0.902 bits per heavy atom. The summed E-state index contributed by atoms with van der Waals surface area (Å²) in [7, 11) is 0. The number of phenolic OH excluding ortho intramolecular Hbond substituents is 1. The molecule has 41 heavy (non-hydrogen) atoms. The fraction of sp³-hybridized carbons (Fsp3) is 0.545. The Morgan fingerprint density at radius 3 is 2.05 bits per heavy atom. The minimum absolute atomic E-state index is 0.102. The summed E-state index contributed by atoms with van der Waals surface area (Å²) < 4.78 is 5.52. The van der Waals surface area contributed by atoms with Crippen LogP contribution in [0.3, 0.4) is 0 Å². The van der Waals surface area contributed by atoms with Gasteiger partial charge >= 0.3 is 6.09 Å². The van der Waals surface area contributed by atoms with Crippen molar-refractivity contribution in [2.45, 2.75) is 111 Å². The molecule has 0 aromatic heterocycles. The number of aryl methyl sites for hydroxylation is 1. The molecule has 8 heteroatoms. The van der Waals surface area contributed by atoms with Crippen LogP contribution in [0.4, 0.5) is 4.79 Å². The molecular weight excluding hydrogens is 518 g/mol. The predicted molar refractivity (Wildman–Crippen MR) is 163 cm³/mol. The number of carbonyl (C=O) groups excluding carboxylic acids is 3. The number of alkyl carbamates (subject to hydrolysis) is 1. The predicted octanol–water partition coefficient (Wildman–Crippen LogP) is 6.06. The maximum absolute atomic E-state index is 14.6. The lowest BCUT2D eigenvalue weighted by Gasteiger charge is -2.39. The van der Waals surface area contributed by atoms with Gasteiger partial charge in [-0.25, -0.2) is 4.79 Å². The van der Waals surface area contributed by atoms with Gasteiger partial charge in [0.15, 0.2) is 0 Å². The molecule has 0 radical (unpaired) electrons. The van der Waals surface area contributed by atoms with E-state index in [1.54, 1.807) is 49.9 Å². The third kappa shape index (κ3) is 10.7. The van der Waals surface area contributed by atoms with Crippen molar-refractivity contribution in [3.05, 3.63) is 65.2 Å². The number of nitrogens with zero attached hydrogens (tertiary/aromatic N) is 1. The minimum Gasteiger partial charge on any atom is -0.508 e. The Bertz CT molecular complexity index is 1150. The number of carbonyl (C=O) groups is 3. The molecule has 2 aromatic rings. The molecule has 2 aromatic carbocycles. The molecule has 8 nitrogen and oxygen atoms in total. The van der Waals surface area contributed by atoms with Crippen molar-refractivity contribution >= 4 is 17.9 Å². The molecule has 0 aliphatic rings. The fourth-order valence-electron chi connectivity index (χ4n) is 4.68. The van der Waals surface area contributed by atoms with Gasteiger partial charge < -0.3 is 25.4 Å². The third-order valence-electron chi connectivity index (χ3n) is 6.70. The molecule has 0 saturated heterocycles. The van der Waals surface area contributed by atoms with Gasteiger partial charge in [-0.2, -0.15) is 0 Å². The Kier molecular flexibility index (Phi) is 12.2. The molecular formula is C33H49N3O5. The zero-order chi connectivity index (χ0) is 30.9. The molecule has 0 aliphatic heterocycles. The largest absolute Gasteiger partial charge is 0.508 e. The summed E-state index contributed by atoms with van der Waals surface area (Å²) >= 11 is 0. The van der Waals surface area contributed by atoms with Crippen molar-refractivity contribution < 1.29 is 24.2 Å². The first-order chi connectivity index (χ1) is 19.1. The molecule has 3 N–H and O–H groups in total. The topological polar surface area (TPSA) is 108 Å². The average Bonchev–Trinajstić information content (AvgIpc) is 2.85. The lowest BCUT2D eigenvalue weighted by Crippen LogP contribution is -2.56. The van der Waals surface area contributed by atoms with Crippen LogP contribution in [0.25, 0.3) is 0 Å². The standard InChI is InChI=1S/C33H49N3O5/c1-21(2)14-15-24(6)36(29(30(38)34-22(3)4)27-13-11-10-12-23(27)5)31(39)28(35-32(40)41-33(7,8)9)20-25-16-18-26(37)19-17-25/h10-13,16-19,21-22,24,28-29,37H,14-15,20H2,1-9H3,(H,34,38)(H,35,40). The summed E-state index contributed by atoms with van der Waals surface area (Å²) in [6.45, 7) is 17.2. The molecule has 0 fully saturated rings. The van der Waals surface area contributed by atoms with Crippen LogP contribution in [0.2, 0.25) is 0 Å². The maximum Gasteiger partial charge on any atom is 0.408 e. The number of hydrogen-bond donors (Lipinski definition) is 3. The lowest BCUT2D eigenvalue weighted by molar-refractivity contribution is -0.145. The molecule has 3 amide bonds. The number of rotatable bonds is 12. The zero-order valence-electron chi connectivity index (χ0n) is 26.2. The highest BCUT2D eigenvalue weighted by atomic mass is 16.6. The highest BCUT2D eigenvalue weighted by Crippen LogP contribution is 2.30. The summed E-state index contributed by atoms with van der Waals surface area (Å²) in [5, 5.41) is 15.6. The monoisotopic (exact) mass is 567 g/mol. The molecule has 0 saturated carbocycles. The van der Waals surface area contributed by atoms with Gasteiger partial charge in [-0.1, -0.05) is 50.2 Å². The summed E-state index contributed by atoms with van der Waals surface area (Å²) in [5.41, 5.74) is 1.60. The van der Waals surface area contributed by atoms with Gasteiger partial charge in [-0.05, 0) is 96.0 Å². The first-order valence-corrected chi connectivity index (χ1v) is 14.5. The van der Waals surface area contributed by atoms with Gasteiger partial charge in [0, 0.05) is 18.5 Å². The number of amides is 3. The highest BCUT2D eigenvalue weighted by molar-refractivity contribution is 5.92. The lowest BCUT2D eigenvalue weighted by atomic mass is 9.93. The van der Waals surface area contributed by atoms with Crippen LogP contribution < -0.4 is 10.6 Å². The number of phenols is 1. The SMILES string of the molecule is Cc1ccccc1C(C(=O)NC(C)C)N(C(=O)C(Cc1ccc(O)cc1)NC(=O)OC(C)(C)C)C(C)CCC(C)C. The average molecular weight is 568 g/mol. The van der Waals surface area contributed by atoms with E-state index in [1.165, 1.54) is 0 Å². The normalized spacial score (nSPS) is 13.8. The van der Waals surface area contributed by atoms with E-state index in [-0.39, 0.29) is 36.1 Å². The Hall–Kier alpha value is -3.55. The molecule has 0 aliphatic carbocycles. The summed E-state index contributed by atoms with van der Waals surface area (Å²) in [6, 6.07) is 11.7. The summed E-state index contributed by atoms with van der Waals surface area (Å²) in [4.78, 5) is 43.1. The Balaban J connectivity index is 2.66. The zero-order valence-corrected chi connectivity index (χ0v) is 26.2. The van der Waals surface area contributed by atoms with Gasteiger partial charge in [0.25, 0.3) is 0 Å². The minimum atomic E-state index is -1.02. The van der Waals surface area contributed by atoms with Crippen LogP contribution in [0.1, 0.15) is 91.0 Å². The van der Waals surface area contributed by atoms with Crippen molar-refractivity contribution in [2.24, 2.45) is 5.92 Å². The molecule has 3 unspecified atom stereocenters. The first-order valence-electron chi connectivity index (χ1n) is 14.5. The number of nitrogens with one attached hydrogen (secondary N) is 2. The second-order valence-corrected chi connectivity index (χ2v) is 12.6. The van der Waals surface area contributed by atoms with E-state index < -0.39 is 23.8 Å². The first kappa shape index (κ1) is 33.7. The Morgan fingerprint density at radius 2 is 1.51 bits per heavy atom. The van der Waals surface area contributed by atoms with Gasteiger partial charge in [0.05, 0.1) is 0 Å². The quantitative estimate of drug-likeness (QED) is 0.289. The smallest absolute Gasteiger partial charge is 0.408 e. The second-order valence-electron chi connectivity index (χ2n) is 12.6. The number of aromatic hydroxyl groups is 1. The van der Waals surface area contributed by atoms with E-state index in [0.717, 1.165) is 23.1 Å². The van der Waals surface area contributed by atoms with Crippen LogP contribution >= 0.6 is 0 Å². The van der Waals surface area contributed by atoms with E-state index >= 15 is 0 Å². The number of benzene rings is 2. The molecule has 0 spiro atoms. The maximum atomic E-state index is 14.6. The third-order valence-corrected chi connectivity index (χ3v) is 6.70. The summed E-state index contributed by atoms with van der Waals surface area (Å²) in [5.74, 6) is -0.152. The van der Waals surface area contributed by atoms with Crippen LogP contribution in [0.5, 0.6) is 5.75 Å². The molecule has 3 atom stereocenters. The number of ether oxygens (including phenoxy) is 1. The van der Waals surface area contributed by atoms with Crippen molar-refractivity contribution in [1.82, 2.24) is 15.5 Å². The van der Waals surface area contributed by atoms with Crippen molar-refractivity contribution in [3.8, 4) is 5.75 Å². The second kappa shape index (κ2) is 14.9. The molecule has 0 heterocycles. The molecule has 0 bridgehead atoms. The molecule has 2 rings (SSSR count). The summed E-state index contributed by atoms with van der Waals surface area (Å²) in [6.07, 6.45) is 0.972. The van der Waals surface area contributed by atoms with Gasteiger partial charge in [0.1, 0.15) is 23.4 Å². The number of hydrogen-bond acceptors (Lipinski definition) is 5. The van der Waals surface area contributed by atoms with Crippen LogP contribution in [0.15, 0.2) is 48.5 Å². The fourth-order valence-corrected chi connectivity index (χ4v) is 4.68. The van der Waals surface area contributed by atoms with Crippen LogP contribution in [0, 0.1) is 12.8 Å². The van der Waals surface area contributed by atoms with E-state index in [2.05, 4.69) is 24.5 Å². The highest BCUT2D eigenvalue weighted by Gasteiger charge is 2.39. The van der Waals surface area contributed by atoms with Gasteiger partial charge in [-0.15, -0.1) is 0 Å². The van der Waals surface area contributed by atoms with Crippen molar-refractivity contribution in [3.63, 3.8) is 0 Å². The van der Waals surface area contributed by atoms with Gasteiger partial charge in [-0.3, -0.25) is 9.59 Å². The van der Waals surface area contributed by atoms with Crippen LogP contribution in [-0.2, 0) is 20.7 Å². The van der Waals surface area contributed by atoms with E-state index in [1.807, 2.05) is 52.0 Å². The van der Waals surface area contributed by atoms with E-state index in [9.17, 15) is 19.5 Å². The Labute approximate surface area is 245 Å². The van der Waals surface area contributed by atoms with Gasteiger partial charge in [0.2, 0.25) is 11.8 Å². The van der Waals surface area contributed by atoms with Crippen LogP contribution in [-0.4, -0.2) is 51.6 Å². The van der Waals surface area contributed by atoms with E-state index in [0.29, 0.717) is 12.3 Å². The molecule has 226 valence electrons. The van der Waals surface area contributed by atoms with E-state index in [4.69, 9.17) is 4.74 Å². The van der Waals surface area contributed by atoms with Crippen molar-refractivity contribution in [1.29, 1.82) is 0 Å².